The minimum absolute atomic E-state index is 0.220. The standard InChI is InChI=1S/C12H21ClN4O/c1-3-4-8-17-12(18)11(13)10(9-15-17)16(2)7-5-6-14/h9H,3-8,14H2,1-2H3. The molecule has 0 aromatic carbocycles. The van der Waals surface area contributed by atoms with Crippen LogP contribution in [0, 0.1) is 0 Å². The highest BCUT2D eigenvalue weighted by molar-refractivity contribution is 6.33. The van der Waals surface area contributed by atoms with E-state index in [1.165, 1.54) is 4.68 Å². The first-order valence-corrected chi connectivity index (χ1v) is 6.66. The highest BCUT2D eigenvalue weighted by atomic mass is 35.5. The van der Waals surface area contributed by atoms with Gasteiger partial charge in [0.1, 0.15) is 5.02 Å². The van der Waals surface area contributed by atoms with Gasteiger partial charge in [-0.05, 0) is 19.4 Å². The largest absolute Gasteiger partial charge is 0.372 e. The van der Waals surface area contributed by atoms with Crippen molar-refractivity contribution in [1.82, 2.24) is 9.78 Å². The van der Waals surface area contributed by atoms with Crippen LogP contribution in [0.15, 0.2) is 11.0 Å². The number of hydrogen-bond donors (Lipinski definition) is 1. The Hall–Kier alpha value is -1.07. The topological polar surface area (TPSA) is 64.2 Å². The number of nitrogens with two attached hydrogens (primary N) is 1. The zero-order valence-corrected chi connectivity index (χ0v) is 11.8. The van der Waals surface area contributed by atoms with Crippen molar-refractivity contribution in [3.63, 3.8) is 0 Å². The van der Waals surface area contributed by atoms with Gasteiger partial charge in [-0.3, -0.25) is 4.79 Å². The van der Waals surface area contributed by atoms with Crippen LogP contribution in [-0.4, -0.2) is 29.9 Å². The maximum atomic E-state index is 12.0. The van der Waals surface area contributed by atoms with E-state index in [-0.39, 0.29) is 10.6 Å². The zero-order valence-electron chi connectivity index (χ0n) is 11.0. The molecule has 2 N–H and O–H groups in total. The molecule has 1 heterocycles. The third-order valence-electron chi connectivity index (χ3n) is 2.80. The summed E-state index contributed by atoms with van der Waals surface area (Å²) in [4.78, 5) is 13.9. The first-order chi connectivity index (χ1) is 8.61. The van der Waals surface area contributed by atoms with Crippen LogP contribution in [0.4, 0.5) is 5.69 Å². The van der Waals surface area contributed by atoms with Gasteiger partial charge < -0.3 is 10.6 Å². The predicted octanol–water partition coefficient (Wildman–Crippen LogP) is 1.48. The summed E-state index contributed by atoms with van der Waals surface area (Å²) in [5.74, 6) is 0. The number of aryl methyl sites for hydroxylation is 1. The maximum Gasteiger partial charge on any atom is 0.287 e. The van der Waals surface area contributed by atoms with E-state index in [9.17, 15) is 4.79 Å². The van der Waals surface area contributed by atoms with E-state index in [2.05, 4.69) is 12.0 Å². The van der Waals surface area contributed by atoms with E-state index >= 15 is 0 Å². The molecule has 102 valence electrons. The maximum absolute atomic E-state index is 12.0. The van der Waals surface area contributed by atoms with E-state index in [1.807, 2.05) is 11.9 Å². The molecular weight excluding hydrogens is 252 g/mol. The molecule has 0 spiro atoms. The summed E-state index contributed by atoms with van der Waals surface area (Å²) >= 11 is 6.10. The molecule has 0 aliphatic rings. The molecule has 5 nitrogen and oxygen atoms in total. The molecule has 0 fully saturated rings. The highest BCUT2D eigenvalue weighted by Crippen LogP contribution is 2.19. The summed E-state index contributed by atoms with van der Waals surface area (Å²) in [5, 5.41) is 4.39. The number of anilines is 1. The average molecular weight is 273 g/mol. The predicted molar refractivity (Wildman–Crippen MR) is 75.4 cm³/mol. The Balaban J connectivity index is 2.89. The summed E-state index contributed by atoms with van der Waals surface area (Å²) in [6, 6.07) is 0. The quantitative estimate of drug-likeness (QED) is 0.817. The second-order valence-electron chi connectivity index (χ2n) is 4.29. The van der Waals surface area contributed by atoms with Crippen molar-refractivity contribution in [3.8, 4) is 0 Å². The molecule has 1 rings (SSSR count). The third kappa shape index (κ3) is 3.71. The van der Waals surface area contributed by atoms with Crippen molar-refractivity contribution in [2.75, 3.05) is 25.0 Å². The van der Waals surface area contributed by atoms with Crippen LogP contribution >= 0.6 is 11.6 Å². The van der Waals surface area contributed by atoms with Gasteiger partial charge in [-0.2, -0.15) is 5.10 Å². The Morgan fingerprint density at radius 2 is 2.22 bits per heavy atom. The lowest BCUT2D eigenvalue weighted by Crippen LogP contribution is -2.28. The van der Waals surface area contributed by atoms with Gasteiger partial charge in [0.25, 0.3) is 5.56 Å². The van der Waals surface area contributed by atoms with Gasteiger partial charge in [-0.1, -0.05) is 24.9 Å². The van der Waals surface area contributed by atoms with Gasteiger partial charge in [0.05, 0.1) is 11.9 Å². The molecule has 0 bridgehead atoms. The Bertz CT molecular complexity index is 433. The monoisotopic (exact) mass is 272 g/mol. The minimum atomic E-state index is -0.220. The molecule has 1 aromatic rings. The van der Waals surface area contributed by atoms with Crippen LogP contribution < -0.4 is 16.2 Å². The summed E-state index contributed by atoms with van der Waals surface area (Å²) in [6.45, 7) is 4.06. The highest BCUT2D eigenvalue weighted by Gasteiger charge is 2.12. The summed E-state index contributed by atoms with van der Waals surface area (Å²) in [7, 11) is 1.88. The Morgan fingerprint density at radius 1 is 1.50 bits per heavy atom. The van der Waals surface area contributed by atoms with Gasteiger partial charge >= 0.3 is 0 Å². The fraction of sp³-hybridized carbons (Fsp3) is 0.667. The van der Waals surface area contributed by atoms with Crippen LogP contribution in [0.2, 0.25) is 5.02 Å². The number of nitrogens with zero attached hydrogens (tertiary/aromatic N) is 3. The Kier molecular flexibility index (Phi) is 6.15. The lowest BCUT2D eigenvalue weighted by Gasteiger charge is -2.19. The normalized spacial score (nSPS) is 10.7. The van der Waals surface area contributed by atoms with Crippen LogP contribution in [0.5, 0.6) is 0 Å². The second-order valence-corrected chi connectivity index (χ2v) is 4.67. The molecule has 0 unspecified atom stereocenters. The Labute approximate surface area is 113 Å². The molecule has 6 heteroatoms. The molecule has 0 saturated carbocycles. The number of rotatable bonds is 7. The fourth-order valence-electron chi connectivity index (χ4n) is 1.64. The molecular formula is C12H21ClN4O. The molecule has 1 aromatic heterocycles. The van der Waals surface area contributed by atoms with E-state index in [0.29, 0.717) is 18.8 Å². The first kappa shape index (κ1) is 15.0. The lowest BCUT2D eigenvalue weighted by molar-refractivity contribution is 0.542. The van der Waals surface area contributed by atoms with Crippen LogP contribution in [-0.2, 0) is 6.54 Å². The van der Waals surface area contributed by atoms with Crippen molar-refractivity contribution in [1.29, 1.82) is 0 Å². The zero-order chi connectivity index (χ0) is 13.5. The number of hydrogen-bond acceptors (Lipinski definition) is 4. The van der Waals surface area contributed by atoms with Gasteiger partial charge in [-0.15, -0.1) is 0 Å². The Morgan fingerprint density at radius 3 is 2.83 bits per heavy atom. The van der Waals surface area contributed by atoms with Crippen molar-refractivity contribution in [2.45, 2.75) is 32.7 Å². The van der Waals surface area contributed by atoms with Crippen LogP contribution in [0.1, 0.15) is 26.2 Å². The fourth-order valence-corrected chi connectivity index (χ4v) is 1.93. The summed E-state index contributed by atoms with van der Waals surface area (Å²) in [6.07, 6.45) is 4.44. The summed E-state index contributed by atoms with van der Waals surface area (Å²) in [5.41, 5.74) is 5.91. The SMILES string of the molecule is CCCCn1ncc(N(C)CCCN)c(Cl)c1=O. The smallest absolute Gasteiger partial charge is 0.287 e. The van der Waals surface area contributed by atoms with E-state index in [0.717, 1.165) is 25.8 Å². The molecule has 0 aliphatic heterocycles. The van der Waals surface area contributed by atoms with E-state index in [4.69, 9.17) is 17.3 Å². The molecule has 0 saturated heterocycles. The van der Waals surface area contributed by atoms with Gasteiger partial charge in [-0.25, -0.2) is 4.68 Å². The van der Waals surface area contributed by atoms with Crippen molar-refractivity contribution in [2.24, 2.45) is 5.73 Å². The average Bonchev–Trinajstić information content (AvgIpc) is 2.37. The van der Waals surface area contributed by atoms with E-state index in [1.54, 1.807) is 6.20 Å². The number of unbranched alkanes of at least 4 members (excludes halogenated alkanes) is 1. The molecule has 18 heavy (non-hydrogen) atoms. The third-order valence-corrected chi connectivity index (χ3v) is 3.15. The molecule has 0 aliphatic carbocycles. The molecule has 0 amide bonds. The molecule has 0 atom stereocenters. The van der Waals surface area contributed by atoms with E-state index < -0.39 is 0 Å². The van der Waals surface area contributed by atoms with Crippen molar-refractivity contribution >= 4 is 17.3 Å². The van der Waals surface area contributed by atoms with Crippen LogP contribution in [0.3, 0.4) is 0 Å². The number of halogens is 1. The minimum Gasteiger partial charge on any atom is -0.372 e. The van der Waals surface area contributed by atoms with Crippen LogP contribution in [0.25, 0.3) is 0 Å². The lowest BCUT2D eigenvalue weighted by atomic mass is 10.3. The summed E-state index contributed by atoms with van der Waals surface area (Å²) < 4.78 is 1.42. The van der Waals surface area contributed by atoms with Gasteiger partial charge in [0.2, 0.25) is 0 Å². The van der Waals surface area contributed by atoms with Gasteiger partial charge in [0.15, 0.2) is 0 Å². The molecule has 0 radical (unpaired) electrons. The first-order valence-electron chi connectivity index (χ1n) is 6.28. The van der Waals surface area contributed by atoms with Gasteiger partial charge in [0, 0.05) is 20.1 Å². The second kappa shape index (κ2) is 7.38. The van der Waals surface area contributed by atoms with Crippen molar-refractivity contribution < 1.29 is 0 Å². The van der Waals surface area contributed by atoms with Crippen molar-refractivity contribution in [3.05, 3.63) is 21.6 Å². The number of aromatic nitrogens is 2.